The van der Waals surface area contributed by atoms with Crippen molar-refractivity contribution in [2.75, 3.05) is 44.4 Å². The molecule has 0 saturated carbocycles. The molecule has 1 aromatic heterocycles. The Balaban J connectivity index is 1.96. The van der Waals surface area contributed by atoms with Crippen LogP contribution in [0.5, 0.6) is 0 Å². The fraction of sp³-hybridized carbons (Fsp3) is 0.684. The Hall–Kier alpha value is -1.25. The zero-order valence-corrected chi connectivity index (χ0v) is 15.9. The first-order valence-electron chi connectivity index (χ1n) is 9.38. The molecular formula is C19H30N4S+2. The molecule has 3 rings (SSSR count). The molecule has 0 aromatic carbocycles. The molecule has 24 heavy (non-hydrogen) atoms. The van der Waals surface area contributed by atoms with Crippen molar-refractivity contribution < 1.29 is 9.88 Å². The van der Waals surface area contributed by atoms with Crippen molar-refractivity contribution in [2.24, 2.45) is 0 Å². The first-order valence-corrected chi connectivity index (χ1v) is 10.4. The Bertz CT molecular complexity index is 615. The molecule has 1 aliphatic carbocycles. The predicted molar refractivity (Wildman–Crippen MR) is 98.8 cm³/mol. The van der Waals surface area contributed by atoms with E-state index in [1.165, 1.54) is 53.9 Å². The zero-order valence-electron chi connectivity index (χ0n) is 15.1. The number of anilines is 1. The number of aromatic amines is 1. The zero-order chi connectivity index (χ0) is 16.9. The Morgan fingerprint density at radius 1 is 1.08 bits per heavy atom. The Kier molecular flexibility index (Phi) is 6.02. The second-order valence-electron chi connectivity index (χ2n) is 7.31. The molecule has 5 heteroatoms. The first-order chi connectivity index (χ1) is 11.7. The van der Waals surface area contributed by atoms with E-state index in [1.54, 1.807) is 0 Å². The van der Waals surface area contributed by atoms with Crippen molar-refractivity contribution in [3.8, 4) is 6.07 Å². The average molecular weight is 347 g/mol. The van der Waals surface area contributed by atoms with Crippen molar-refractivity contribution in [3.63, 3.8) is 0 Å². The minimum atomic E-state index is 0.921. The second-order valence-corrected chi connectivity index (χ2v) is 8.41. The van der Waals surface area contributed by atoms with Crippen molar-refractivity contribution in [1.29, 1.82) is 5.26 Å². The predicted octanol–water partition coefficient (Wildman–Crippen LogP) is 1.48. The Morgan fingerprint density at radius 2 is 1.79 bits per heavy atom. The molecule has 4 nitrogen and oxygen atoms in total. The summed E-state index contributed by atoms with van der Waals surface area (Å²) in [5, 5.41) is 10.9. The van der Waals surface area contributed by atoms with Gasteiger partial charge >= 0.3 is 0 Å². The monoisotopic (exact) mass is 346 g/mol. The molecular weight excluding hydrogens is 316 g/mol. The minimum absolute atomic E-state index is 0.921. The number of nitriles is 1. The topological polar surface area (TPSA) is 45.6 Å². The number of aromatic nitrogens is 1. The normalized spacial score (nSPS) is 17.7. The Morgan fingerprint density at radius 3 is 2.46 bits per heavy atom. The molecule has 130 valence electrons. The highest BCUT2D eigenvalue weighted by atomic mass is 32.2. The number of hydrogen-bond donors (Lipinski definition) is 1. The van der Waals surface area contributed by atoms with Gasteiger partial charge in [0.25, 0.3) is 5.82 Å². The molecule has 2 heterocycles. The number of nitrogens with one attached hydrogen (secondary N) is 2. The highest BCUT2D eigenvalue weighted by Crippen LogP contribution is 2.34. The standard InChI is InChI=1S/C19H28N4S/c1-22(2)12-13-24-19-17(14-20)15-8-4-5-9-16(15)18(21-19)23-10-6-3-7-11-23/h3-13H2,1-2H3/p+2. The maximum absolute atomic E-state index is 9.78. The van der Waals surface area contributed by atoms with E-state index in [4.69, 9.17) is 0 Å². The largest absolute Gasteiger partial charge is 0.339 e. The number of fused-ring (bicyclic) bond motifs is 1. The Labute approximate surface area is 150 Å². The van der Waals surface area contributed by atoms with Crippen LogP contribution in [-0.2, 0) is 12.8 Å². The number of thioether (sulfide) groups is 1. The van der Waals surface area contributed by atoms with Gasteiger partial charge in [-0.2, -0.15) is 5.26 Å². The first kappa shape index (κ1) is 17.6. The molecule has 0 spiro atoms. The quantitative estimate of drug-likeness (QED) is 0.822. The molecule has 2 N–H and O–H groups in total. The van der Waals surface area contributed by atoms with Gasteiger partial charge < -0.3 is 4.90 Å². The minimum Gasteiger partial charge on any atom is -0.339 e. The number of rotatable bonds is 5. The lowest BCUT2D eigenvalue weighted by molar-refractivity contribution is -0.855. The summed E-state index contributed by atoms with van der Waals surface area (Å²) in [6.07, 6.45) is 8.59. The van der Waals surface area contributed by atoms with Crippen LogP contribution in [0.3, 0.4) is 0 Å². The van der Waals surface area contributed by atoms with Crippen LogP contribution >= 0.6 is 11.8 Å². The summed E-state index contributed by atoms with van der Waals surface area (Å²) in [6.45, 7) is 3.42. The number of H-pyrrole nitrogens is 1. The number of quaternary nitrogens is 1. The average Bonchev–Trinajstić information content (AvgIpc) is 2.61. The van der Waals surface area contributed by atoms with Gasteiger partial charge in [-0.1, -0.05) is 11.8 Å². The highest BCUT2D eigenvalue weighted by molar-refractivity contribution is 7.99. The lowest BCUT2D eigenvalue weighted by atomic mass is 9.89. The van der Waals surface area contributed by atoms with Crippen LogP contribution in [0.25, 0.3) is 0 Å². The number of nitrogens with zero attached hydrogens (tertiary/aromatic N) is 2. The van der Waals surface area contributed by atoms with E-state index < -0.39 is 0 Å². The van der Waals surface area contributed by atoms with Gasteiger partial charge in [-0.3, -0.25) is 4.90 Å². The van der Waals surface area contributed by atoms with Gasteiger partial charge in [0, 0.05) is 5.56 Å². The van der Waals surface area contributed by atoms with Crippen LogP contribution in [0.1, 0.15) is 48.8 Å². The van der Waals surface area contributed by atoms with Crippen LogP contribution in [0.15, 0.2) is 5.03 Å². The molecule has 0 atom stereocenters. The number of hydrogen-bond acceptors (Lipinski definition) is 3. The fourth-order valence-electron chi connectivity index (χ4n) is 3.80. The molecule has 0 unspecified atom stereocenters. The van der Waals surface area contributed by atoms with E-state index in [-0.39, 0.29) is 0 Å². The van der Waals surface area contributed by atoms with Gasteiger partial charge in [0.1, 0.15) is 11.6 Å². The summed E-state index contributed by atoms with van der Waals surface area (Å²) in [6, 6.07) is 2.51. The van der Waals surface area contributed by atoms with Crippen LogP contribution in [0.2, 0.25) is 0 Å². The molecule has 1 fully saturated rings. The molecule has 2 aliphatic rings. The molecule has 1 aromatic rings. The van der Waals surface area contributed by atoms with Gasteiger partial charge in [-0.25, -0.2) is 4.98 Å². The van der Waals surface area contributed by atoms with Gasteiger partial charge in [-0.15, -0.1) is 0 Å². The van der Waals surface area contributed by atoms with E-state index in [2.05, 4.69) is 30.0 Å². The smallest absolute Gasteiger partial charge is 0.278 e. The maximum atomic E-state index is 9.78. The summed E-state index contributed by atoms with van der Waals surface area (Å²) < 4.78 is 0. The molecule has 1 aliphatic heterocycles. The SMILES string of the molecule is C[NH+](C)CCSc1[nH+]c(N2CCCCC2)c2c(c1C#N)CCCC2. The molecule has 0 amide bonds. The number of piperidine rings is 1. The summed E-state index contributed by atoms with van der Waals surface area (Å²) in [5.41, 5.74) is 3.69. The number of pyridine rings is 1. The molecule has 0 radical (unpaired) electrons. The van der Waals surface area contributed by atoms with E-state index in [9.17, 15) is 5.26 Å². The van der Waals surface area contributed by atoms with Crippen molar-refractivity contribution in [1.82, 2.24) is 0 Å². The van der Waals surface area contributed by atoms with Gasteiger partial charge in [0.2, 0.25) is 0 Å². The second kappa shape index (κ2) is 8.22. The lowest BCUT2D eigenvalue weighted by Gasteiger charge is -2.26. The van der Waals surface area contributed by atoms with E-state index in [1.807, 2.05) is 11.8 Å². The van der Waals surface area contributed by atoms with Crippen LogP contribution < -0.4 is 14.8 Å². The summed E-state index contributed by atoms with van der Waals surface area (Å²) in [7, 11) is 4.36. The summed E-state index contributed by atoms with van der Waals surface area (Å²) in [4.78, 5) is 7.68. The van der Waals surface area contributed by atoms with Gasteiger partial charge in [-0.05, 0) is 50.5 Å². The van der Waals surface area contributed by atoms with Crippen molar-refractivity contribution in [3.05, 3.63) is 16.7 Å². The van der Waals surface area contributed by atoms with Crippen LogP contribution in [-0.4, -0.2) is 39.5 Å². The van der Waals surface area contributed by atoms with E-state index in [0.717, 1.165) is 48.8 Å². The van der Waals surface area contributed by atoms with Gasteiger partial charge in [0.05, 0.1) is 39.5 Å². The van der Waals surface area contributed by atoms with Crippen molar-refractivity contribution in [2.45, 2.75) is 50.0 Å². The third kappa shape index (κ3) is 3.87. The summed E-state index contributed by atoms with van der Waals surface area (Å²) in [5.74, 6) is 2.37. The maximum Gasteiger partial charge on any atom is 0.278 e. The van der Waals surface area contributed by atoms with Crippen LogP contribution in [0.4, 0.5) is 5.82 Å². The third-order valence-corrected chi connectivity index (χ3v) is 6.15. The van der Waals surface area contributed by atoms with Gasteiger partial charge in [0.15, 0.2) is 5.03 Å². The van der Waals surface area contributed by atoms with Crippen molar-refractivity contribution >= 4 is 17.6 Å². The molecule has 1 saturated heterocycles. The molecule has 0 bridgehead atoms. The third-order valence-electron chi connectivity index (χ3n) is 5.15. The fourth-order valence-corrected chi connectivity index (χ4v) is 4.99. The van der Waals surface area contributed by atoms with E-state index in [0.29, 0.717) is 0 Å². The highest BCUT2D eigenvalue weighted by Gasteiger charge is 2.30. The van der Waals surface area contributed by atoms with E-state index >= 15 is 0 Å². The van der Waals surface area contributed by atoms with Crippen LogP contribution in [0, 0.1) is 11.3 Å². The summed E-state index contributed by atoms with van der Waals surface area (Å²) >= 11 is 1.83. The lowest BCUT2D eigenvalue weighted by Crippen LogP contribution is -3.06.